The maximum atomic E-state index is 12.1. The van der Waals surface area contributed by atoms with Crippen LogP contribution in [0.15, 0.2) is 24.3 Å². The van der Waals surface area contributed by atoms with Crippen LogP contribution in [-0.2, 0) is 14.4 Å². The zero-order valence-electron chi connectivity index (χ0n) is 10.6. The largest absolute Gasteiger partial charge is 0.303 e. The third kappa shape index (κ3) is 5.06. The van der Waals surface area contributed by atoms with Crippen LogP contribution in [0.5, 0.6) is 0 Å². The maximum Gasteiger partial charge on any atom is 0.217 e. The fourth-order valence-corrected chi connectivity index (χ4v) is 2.08. The van der Waals surface area contributed by atoms with Gasteiger partial charge in [-0.25, -0.2) is 0 Å². The van der Waals surface area contributed by atoms with Gasteiger partial charge in [-0.05, 0) is 28.0 Å². The molecule has 0 amide bonds. The highest BCUT2D eigenvalue weighted by molar-refractivity contribution is 14.1. The first-order valence-corrected chi connectivity index (χ1v) is 7.43. The Morgan fingerprint density at radius 2 is 1.95 bits per heavy atom. The van der Waals surface area contributed by atoms with Gasteiger partial charge in [-0.2, -0.15) is 0 Å². The van der Waals surface area contributed by atoms with Crippen molar-refractivity contribution in [1.29, 1.82) is 0 Å². The lowest BCUT2D eigenvalue weighted by Gasteiger charge is -2.09. The second-order valence-electron chi connectivity index (χ2n) is 4.07. The lowest BCUT2D eigenvalue weighted by atomic mass is 9.92. The summed E-state index contributed by atoms with van der Waals surface area (Å²) in [6, 6.07) is 6.68. The second-order valence-corrected chi connectivity index (χ2v) is 5.05. The van der Waals surface area contributed by atoms with Crippen LogP contribution >= 0.6 is 34.2 Å². The average molecular weight is 403 g/mol. The minimum Gasteiger partial charge on any atom is -0.303 e. The van der Waals surface area contributed by atoms with Crippen LogP contribution in [0, 0.1) is 9.85 Å². The molecule has 0 saturated carbocycles. The van der Waals surface area contributed by atoms with Gasteiger partial charge in [0.15, 0.2) is 5.78 Å². The van der Waals surface area contributed by atoms with Gasteiger partial charge in [0.2, 0.25) is 5.78 Å². The zero-order chi connectivity index (χ0) is 15.0. The molecule has 104 valence electrons. The summed E-state index contributed by atoms with van der Waals surface area (Å²) in [7, 11) is 0. The third-order valence-electron chi connectivity index (χ3n) is 2.67. The minimum atomic E-state index is -0.770. The van der Waals surface area contributed by atoms with Crippen molar-refractivity contribution in [3.63, 3.8) is 0 Å². The first kappa shape index (κ1) is 16.9. The molecule has 0 fully saturated rings. The number of ketones is 2. The lowest BCUT2D eigenvalue weighted by molar-refractivity contribution is -0.136. The number of carbonyl (C=O) groups is 3. The molecule has 1 aromatic carbocycles. The summed E-state index contributed by atoms with van der Waals surface area (Å²) in [4.78, 5) is 34.2. The molecule has 1 atom stereocenters. The van der Waals surface area contributed by atoms with E-state index in [-0.39, 0.29) is 12.8 Å². The summed E-state index contributed by atoms with van der Waals surface area (Å²) in [5, 5.41) is 0.555. The molecule has 1 unspecified atom stereocenters. The van der Waals surface area contributed by atoms with Crippen molar-refractivity contribution in [1.82, 2.24) is 0 Å². The van der Waals surface area contributed by atoms with Crippen LogP contribution in [0.1, 0.15) is 30.7 Å². The zero-order valence-corrected chi connectivity index (χ0v) is 13.5. The molecular weight excluding hydrogens is 391 g/mol. The van der Waals surface area contributed by atoms with E-state index < -0.39 is 17.5 Å². The van der Waals surface area contributed by atoms with Crippen molar-refractivity contribution in [3.8, 4) is 9.85 Å². The highest BCUT2D eigenvalue weighted by atomic mass is 127. The number of rotatable bonds is 7. The molecule has 5 heteroatoms. The minimum absolute atomic E-state index is 0.0740. The number of Topliss-reactive ketones (excluding diaryl/α,β-unsaturated/α-hetero) is 2. The third-order valence-corrected chi connectivity index (χ3v) is 3.23. The monoisotopic (exact) mass is 402 g/mol. The Bertz CT molecular complexity index is 555. The molecule has 0 spiro atoms. The van der Waals surface area contributed by atoms with E-state index in [1.165, 1.54) is 0 Å². The average Bonchev–Trinajstić information content (AvgIpc) is 2.45. The quantitative estimate of drug-likeness (QED) is 0.231. The molecule has 0 heterocycles. The molecule has 3 nitrogen and oxygen atoms in total. The van der Waals surface area contributed by atoms with Crippen LogP contribution < -0.4 is 0 Å². The number of unbranched alkanes of at least 4 members (excludes halogenated alkanes) is 1. The molecule has 0 N–H and O–H groups in total. The van der Waals surface area contributed by atoms with Crippen LogP contribution in [0.2, 0.25) is 5.02 Å². The van der Waals surface area contributed by atoms with Crippen molar-refractivity contribution in [2.75, 3.05) is 0 Å². The molecule has 0 radical (unpaired) electrons. The lowest BCUT2D eigenvalue weighted by Crippen LogP contribution is -2.21. The fraction of sp³-hybridized carbons (Fsp3) is 0.267. The molecule has 0 aliphatic heterocycles. The first-order valence-electron chi connectivity index (χ1n) is 5.97. The van der Waals surface area contributed by atoms with E-state index in [2.05, 4.69) is 9.85 Å². The van der Waals surface area contributed by atoms with E-state index in [1.54, 1.807) is 24.3 Å². The first-order chi connectivity index (χ1) is 9.60. The van der Waals surface area contributed by atoms with Gasteiger partial charge in [0.1, 0.15) is 12.2 Å². The number of hydrogen-bond acceptors (Lipinski definition) is 3. The van der Waals surface area contributed by atoms with Crippen LogP contribution in [0.4, 0.5) is 0 Å². The van der Waals surface area contributed by atoms with Crippen LogP contribution in [0.3, 0.4) is 0 Å². The number of hydrogen-bond donors (Lipinski definition) is 0. The molecule has 0 aliphatic carbocycles. The highest BCUT2D eigenvalue weighted by Gasteiger charge is 2.24. The SMILES string of the molecule is O=CCCCC(=O)C(=O)C(C#CI)c1ccc(Cl)cc1. The Morgan fingerprint density at radius 3 is 2.50 bits per heavy atom. The van der Waals surface area contributed by atoms with Gasteiger partial charge in [-0.1, -0.05) is 29.7 Å². The van der Waals surface area contributed by atoms with Gasteiger partial charge in [0.25, 0.3) is 0 Å². The molecule has 1 aromatic rings. The van der Waals surface area contributed by atoms with Gasteiger partial charge in [0, 0.05) is 40.5 Å². The highest BCUT2D eigenvalue weighted by Crippen LogP contribution is 2.20. The summed E-state index contributed by atoms with van der Waals surface area (Å²) in [6.45, 7) is 0. The Labute approximate surface area is 136 Å². The predicted molar refractivity (Wildman–Crippen MR) is 85.9 cm³/mol. The standard InChI is InChI=1S/C15H12ClIO3/c16-12-6-4-11(5-7-12)13(8-9-17)15(20)14(19)3-1-2-10-18/h4-7,10,13H,1-3H2. The summed E-state index contributed by atoms with van der Waals surface area (Å²) < 4.78 is 2.64. The number of halogens is 2. The molecule has 20 heavy (non-hydrogen) atoms. The normalized spacial score (nSPS) is 11.1. The number of benzene rings is 1. The van der Waals surface area contributed by atoms with E-state index in [0.717, 1.165) is 6.29 Å². The fourth-order valence-electron chi connectivity index (χ4n) is 1.64. The van der Waals surface area contributed by atoms with Crippen molar-refractivity contribution in [2.45, 2.75) is 25.2 Å². The Kier molecular flexibility index (Phi) is 7.48. The molecule has 0 aliphatic rings. The Balaban J connectivity index is 2.87. The number of carbonyl (C=O) groups excluding carboxylic acids is 3. The molecule has 0 aromatic heterocycles. The molecule has 0 bridgehead atoms. The summed E-state index contributed by atoms with van der Waals surface area (Å²) in [5.41, 5.74) is 0.646. The molecule has 0 saturated heterocycles. The van der Waals surface area contributed by atoms with Gasteiger partial charge in [-0.15, -0.1) is 0 Å². The van der Waals surface area contributed by atoms with Gasteiger partial charge in [0.05, 0.1) is 0 Å². The summed E-state index contributed by atoms with van der Waals surface area (Å²) in [6.07, 6.45) is 1.48. The van der Waals surface area contributed by atoms with Gasteiger partial charge < -0.3 is 4.79 Å². The second kappa shape index (κ2) is 8.88. The van der Waals surface area contributed by atoms with Crippen molar-refractivity contribution in [2.24, 2.45) is 0 Å². The van der Waals surface area contributed by atoms with Crippen LogP contribution in [0.25, 0.3) is 0 Å². The summed E-state index contributed by atoms with van der Waals surface area (Å²) >= 11 is 7.63. The molecular formula is C15H12ClIO3. The summed E-state index contributed by atoms with van der Waals surface area (Å²) in [5.74, 6) is 0.939. The van der Waals surface area contributed by atoms with E-state index in [0.29, 0.717) is 17.0 Å². The topological polar surface area (TPSA) is 51.2 Å². The van der Waals surface area contributed by atoms with Crippen molar-refractivity contribution >= 4 is 52.0 Å². The Morgan fingerprint density at radius 1 is 1.30 bits per heavy atom. The van der Waals surface area contributed by atoms with E-state index in [1.807, 2.05) is 22.6 Å². The Hall–Kier alpha value is -1.19. The van der Waals surface area contributed by atoms with E-state index in [9.17, 15) is 14.4 Å². The van der Waals surface area contributed by atoms with E-state index in [4.69, 9.17) is 11.6 Å². The van der Waals surface area contributed by atoms with Gasteiger partial charge >= 0.3 is 0 Å². The number of aldehydes is 1. The molecule has 1 rings (SSSR count). The van der Waals surface area contributed by atoms with E-state index >= 15 is 0 Å². The maximum absolute atomic E-state index is 12.1. The smallest absolute Gasteiger partial charge is 0.217 e. The van der Waals surface area contributed by atoms with Gasteiger partial charge in [-0.3, -0.25) is 9.59 Å². The van der Waals surface area contributed by atoms with Crippen molar-refractivity contribution < 1.29 is 14.4 Å². The predicted octanol–water partition coefficient (Wildman–Crippen LogP) is 3.33. The van der Waals surface area contributed by atoms with Crippen molar-refractivity contribution in [3.05, 3.63) is 34.9 Å². The van der Waals surface area contributed by atoms with Crippen LogP contribution in [-0.4, -0.2) is 17.9 Å².